The van der Waals surface area contributed by atoms with Gasteiger partial charge in [0.1, 0.15) is 0 Å². The van der Waals surface area contributed by atoms with Crippen LogP contribution < -0.4 is 15.5 Å². The molecule has 7 heteroatoms. The average Bonchev–Trinajstić information content (AvgIpc) is 2.47. The Balaban J connectivity index is 1.86. The number of benzene rings is 1. The summed E-state index contributed by atoms with van der Waals surface area (Å²) < 4.78 is 5.10. The fraction of sp³-hybridized carbons (Fsp3) is 0.438. The van der Waals surface area contributed by atoms with Crippen LogP contribution >= 0.6 is 0 Å². The summed E-state index contributed by atoms with van der Waals surface area (Å²) in [5.41, 5.74) is 1.05. The molecule has 0 saturated carbocycles. The number of amides is 2. The average molecular weight is 320 g/mol. The lowest BCUT2D eigenvalue weighted by molar-refractivity contribution is -0.885. The molecule has 7 nitrogen and oxygen atoms in total. The van der Waals surface area contributed by atoms with E-state index in [0.717, 1.165) is 11.4 Å². The molecular formula is C16H22N3O4+. The van der Waals surface area contributed by atoms with E-state index in [1.54, 1.807) is 38.1 Å². The summed E-state index contributed by atoms with van der Waals surface area (Å²) >= 11 is 0. The van der Waals surface area contributed by atoms with Crippen molar-refractivity contribution >= 4 is 23.5 Å². The molecule has 0 radical (unpaired) electrons. The Kier molecular flexibility index (Phi) is 5.70. The molecule has 1 aliphatic heterocycles. The molecule has 23 heavy (non-hydrogen) atoms. The maximum atomic E-state index is 12.0. The van der Waals surface area contributed by atoms with Crippen LogP contribution in [0.1, 0.15) is 24.2 Å². The Labute approximate surface area is 135 Å². The van der Waals surface area contributed by atoms with E-state index < -0.39 is 0 Å². The number of anilines is 1. The minimum Gasteiger partial charge on any atom is -0.459 e. The van der Waals surface area contributed by atoms with Gasteiger partial charge in [-0.25, -0.2) is 4.79 Å². The number of quaternary nitrogens is 1. The van der Waals surface area contributed by atoms with E-state index in [-0.39, 0.29) is 30.4 Å². The number of esters is 1. The minimum absolute atomic E-state index is 0.0351. The summed E-state index contributed by atoms with van der Waals surface area (Å²) in [6, 6.07) is 6.54. The van der Waals surface area contributed by atoms with Crippen molar-refractivity contribution in [1.29, 1.82) is 0 Å². The highest BCUT2D eigenvalue weighted by Crippen LogP contribution is 2.11. The zero-order valence-electron chi connectivity index (χ0n) is 13.3. The van der Waals surface area contributed by atoms with Gasteiger partial charge in [-0.1, -0.05) is 0 Å². The van der Waals surface area contributed by atoms with E-state index >= 15 is 0 Å². The third-order valence-corrected chi connectivity index (χ3v) is 3.37. The molecule has 1 aromatic carbocycles. The summed E-state index contributed by atoms with van der Waals surface area (Å²) in [5.74, 6) is -0.582. The van der Waals surface area contributed by atoms with E-state index in [2.05, 4.69) is 10.6 Å². The van der Waals surface area contributed by atoms with Gasteiger partial charge in [0, 0.05) is 5.69 Å². The van der Waals surface area contributed by atoms with Crippen LogP contribution in [0.25, 0.3) is 0 Å². The molecule has 0 bridgehead atoms. The Morgan fingerprint density at radius 2 is 2.00 bits per heavy atom. The second kappa shape index (κ2) is 7.73. The number of ether oxygens (including phenoxy) is 1. The highest BCUT2D eigenvalue weighted by molar-refractivity contribution is 5.93. The van der Waals surface area contributed by atoms with Crippen molar-refractivity contribution < 1.29 is 24.0 Å². The summed E-state index contributed by atoms with van der Waals surface area (Å²) in [7, 11) is 0. The summed E-state index contributed by atoms with van der Waals surface area (Å²) in [6.45, 7) is 5.45. The standard InChI is InChI=1S/C16H21N3O4/c1-11(2)23-16(22)12-3-5-13(6-4-12)18-15(21)10-19-8-7-17-14(20)9-19/h3-6,11H,7-10H2,1-2H3,(H,17,20)(H,18,21)/p+1. The SMILES string of the molecule is CC(C)OC(=O)c1ccc(NC(=O)C[NH+]2CCNC(=O)C2)cc1. The normalized spacial score (nSPS) is 17.5. The van der Waals surface area contributed by atoms with E-state index in [9.17, 15) is 14.4 Å². The topological polar surface area (TPSA) is 88.9 Å². The lowest BCUT2D eigenvalue weighted by Gasteiger charge is -2.22. The lowest BCUT2D eigenvalue weighted by atomic mass is 10.2. The number of hydrogen-bond acceptors (Lipinski definition) is 4. The molecule has 1 atom stereocenters. The van der Waals surface area contributed by atoms with Crippen LogP contribution in [-0.4, -0.2) is 50.1 Å². The summed E-state index contributed by atoms with van der Waals surface area (Å²) in [6.07, 6.45) is -0.174. The second-order valence-electron chi connectivity index (χ2n) is 5.78. The Morgan fingerprint density at radius 1 is 1.30 bits per heavy atom. The van der Waals surface area contributed by atoms with E-state index in [0.29, 0.717) is 24.3 Å². The van der Waals surface area contributed by atoms with Gasteiger partial charge in [0.2, 0.25) is 0 Å². The van der Waals surface area contributed by atoms with Gasteiger partial charge in [-0.15, -0.1) is 0 Å². The zero-order chi connectivity index (χ0) is 16.8. The molecule has 1 aromatic rings. The first-order valence-electron chi connectivity index (χ1n) is 7.65. The number of carbonyl (C=O) groups excluding carboxylic acids is 3. The van der Waals surface area contributed by atoms with Crippen molar-refractivity contribution in [2.75, 3.05) is 31.5 Å². The maximum Gasteiger partial charge on any atom is 0.338 e. The van der Waals surface area contributed by atoms with Crippen molar-refractivity contribution in [1.82, 2.24) is 5.32 Å². The minimum atomic E-state index is -0.387. The molecule has 1 aliphatic rings. The summed E-state index contributed by atoms with van der Waals surface area (Å²) in [4.78, 5) is 35.9. The Morgan fingerprint density at radius 3 is 2.61 bits per heavy atom. The van der Waals surface area contributed by atoms with Crippen LogP contribution in [0.4, 0.5) is 5.69 Å². The lowest BCUT2D eigenvalue weighted by Crippen LogP contribution is -3.16. The van der Waals surface area contributed by atoms with Crippen LogP contribution in [0, 0.1) is 0 Å². The molecular weight excluding hydrogens is 298 g/mol. The van der Waals surface area contributed by atoms with Crippen LogP contribution in [0.3, 0.4) is 0 Å². The fourth-order valence-corrected chi connectivity index (χ4v) is 2.31. The van der Waals surface area contributed by atoms with Gasteiger partial charge in [-0.05, 0) is 38.1 Å². The van der Waals surface area contributed by atoms with Crippen LogP contribution in [0.15, 0.2) is 24.3 Å². The van der Waals surface area contributed by atoms with Crippen molar-refractivity contribution in [3.63, 3.8) is 0 Å². The number of hydrogen-bond donors (Lipinski definition) is 3. The zero-order valence-corrected chi connectivity index (χ0v) is 13.3. The van der Waals surface area contributed by atoms with E-state index in [1.807, 2.05) is 0 Å². The first-order chi connectivity index (χ1) is 10.9. The second-order valence-corrected chi connectivity index (χ2v) is 5.78. The van der Waals surface area contributed by atoms with Gasteiger partial charge in [0.15, 0.2) is 13.1 Å². The van der Waals surface area contributed by atoms with Gasteiger partial charge in [-0.3, -0.25) is 9.59 Å². The Hall–Kier alpha value is -2.41. The molecule has 1 fully saturated rings. The van der Waals surface area contributed by atoms with Gasteiger partial charge >= 0.3 is 5.97 Å². The highest BCUT2D eigenvalue weighted by atomic mass is 16.5. The maximum absolute atomic E-state index is 12.0. The van der Waals surface area contributed by atoms with Crippen molar-refractivity contribution in [3.8, 4) is 0 Å². The number of nitrogens with one attached hydrogen (secondary N) is 3. The van der Waals surface area contributed by atoms with E-state index in [1.165, 1.54) is 0 Å². The quantitative estimate of drug-likeness (QED) is 0.620. The Bertz CT molecular complexity index is 583. The molecule has 124 valence electrons. The third kappa shape index (κ3) is 5.37. The number of carbonyl (C=O) groups is 3. The first-order valence-corrected chi connectivity index (χ1v) is 7.65. The molecule has 0 spiro atoms. The largest absolute Gasteiger partial charge is 0.459 e. The van der Waals surface area contributed by atoms with Gasteiger partial charge in [0.25, 0.3) is 11.8 Å². The number of piperazine rings is 1. The van der Waals surface area contributed by atoms with Crippen LogP contribution in [0.2, 0.25) is 0 Å². The van der Waals surface area contributed by atoms with Gasteiger partial charge in [-0.2, -0.15) is 0 Å². The first kappa shape index (κ1) is 17.0. The van der Waals surface area contributed by atoms with E-state index in [4.69, 9.17) is 4.74 Å². The van der Waals surface area contributed by atoms with Crippen LogP contribution in [-0.2, 0) is 14.3 Å². The number of rotatable bonds is 5. The van der Waals surface area contributed by atoms with Gasteiger partial charge in [0.05, 0.1) is 24.8 Å². The third-order valence-electron chi connectivity index (χ3n) is 3.37. The predicted octanol–water partition coefficient (Wildman–Crippen LogP) is -0.795. The predicted molar refractivity (Wildman–Crippen MR) is 84.2 cm³/mol. The molecule has 1 saturated heterocycles. The monoisotopic (exact) mass is 320 g/mol. The smallest absolute Gasteiger partial charge is 0.338 e. The van der Waals surface area contributed by atoms with Gasteiger partial charge < -0.3 is 20.3 Å². The highest BCUT2D eigenvalue weighted by Gasteiger charge is 2.22. The molecule has 0 aromatic heterocycles. The molecule has 1 heterocycles. The molecule has 2 rings (SSSR count). The fourth-order valence-electron chi connectivity index (χ4n) is 2.31. The van der Waals surface area contributed by atoms with Crippen molar-refractivity contribution in [2.45, 2.75) is 20.0 Å². The molecule has 3 N–H and O–H groups in total. The molecule has 1 unspecified atom stereocenters. The molecule has 2 amide bonds. The summed E-state index contributed by atoms with van der Waals surface area (Å²) in [5, 5.41) is 5.50. The van der Waals surface area contributed by atoms with Crippen molar-refractivity contribution in [3.05, 3.63) is 29.8 Å². The van der Waals surface area contributed by atoms with Crippen LogP contribution in [0.5, 0.6) is 0 Å². The molecule has 0 aliphatic carbocycles. The van der Waals surface area contributed by atoms with Crippen molar-refractivity contribution in [2.24, 2.45) is 0 Å².